The van der Waals surface area contributed by atoms with E-state index >= 15 is 0 Å². The Morgan fingerprint density at radius 3 is 2.16 bits per heavy atom. The Hall–Kier alpha value is -3.35. The molecule has 0 unspecified atom stereocenters. The van der Waals surface area contributed by atoms with Crippen LogP contribution in [0.3, 0.4) is 0 Å². The minimum Gasteiger partial charge on any atom is -0.481 e. The number of alkyl carbamates (subject to hydrolysis) is 1. The molecule has 0 heterocycles. The highest BCUT2D eigenvalue weighted by Gasteiger charge is 2.52. The lowest BCUT2D eigenvalue weighted by Gasteiger charge is -2.21. The summed E-state index contributed by atoms with van der Waals surface area (Å²) in [5, 5.41) is 14.8. The third-order valence-corrected chi connectivity index (χ3v) is 6.99. The number of aliphatic carboxylic acids is 1. The van der Waals surface area contributed by atoms with Crippen LogP contribution in [-0.4, -0.2) is 41.3 Å². The van der Waals surface area contributed by atoms with E-state index in [4.69, 9.17) is 9.84 Å². The molecule has 0 spiro atoms. The van der Waals surface area contributed by atoms with Gasteiger partial charge in [0.2, 0.25) is 5.91 Å². The van der Waals surface area contributed by atoms with Crippen LogP contribution in [0.25, 0.3) is 11.1 Å². The molecule has 2 saturated carbocycles. The second kappa shape index (κ2) is 7.97. The molecular weight excluding hydrogens is 408 g/mol. The van der Waals surface area contributed by atoms with Crippen LogP contribution in [0.4, 0.5) is 4.79 Å². The van der Waals surface area contributed by atoms with Crippen LogP contribution in [-0.2, 0) is 14.3 Å². The Kier molecular flexibility index (Phi) is 5.12. The first-order valence-electron chi connectivity index (χ1n) is 11.1. The number of amides is 2. The van der Waals surface area contributed by atoms with E-state index < -0.39 is 23.5 Å². The van der Waals surface area contributed by atoms with Gasteiger partial charge in [0.05, 0.1) is 5.92 Å². The summed E-state index contributed by atoms with van der Waals surface area (Å²) in [6.45, 7) is 0.195. The Balaban J connectivity index is 1.19. The van der Waals surface area contributed by atoms with Crippen LogP contribution in [0.2, 0.25) is 0 Å². The first-order chi connectivity index (χ1) is 15.5. The van der Waals surface area contributed by atoms with E-state index in [2.05, 4.69) is 34.9 Å². The van der Waals surface area contributed by atoms with E-state index in [1.54, 1.807) is 0 Å². The lowest BCUT2D eigenvalue weighted by molar-refractivity contribution is -0.141. The highest BCUT2D eigenvalue weighted by atomic mass is 16.5. The van der Waals surface area contributed by atoms with Gasteiger partial charge in [0.1, 0.15) is 12.1 Å². The van der Waals surface area contributed by atoms with Crippen molar-refractivity contribution < 1.29 is 24.2 Å². The molecule has 0 saturated heterocycles. The molecule has 3 N–H and O–H groups in total. The molecule has 32 heavy (non-hydrogen) atoms. The molecule has 2 fully saturated rings. The average molecular weight is 434 g/mol. The van der Waals surface area contributed by atoms with Crippen molar-refractivity contribution in [3.05, 3.63) is 59.7 Å². The zero-order chi connectivity index (χ0) is 22.3. The lowest BCUT2D eigenvalue weighted by atomic mass is 9.98. The fourth-order valence-electron chi connectivity index (χ4n) is 5.02. The SMILES string of the molecule is O=C(NC1(C(=O)N[C@@H]2CC[C@H](C(=O)O)C2)CC1)OCC1c2ccccc2-c2ccccc21. The van der Waals surface area contributed by atoms with Crippen LogP contribution in [0.5, 0.6) is 0 Å². The first-order valence-corrected chi connectivity index (χ1v) is 11.1. The molecule has 0 aromatic heterocycles. The molecule has 2 aromatic carbocycles. The predicted octanol–water partition coefficient (Wildman–Crippen LogP) is 3.43. The van der Waals surface area contributed by atoms with Crippen molar-refractivity contribution in [1.29, 1.82) is 0 Å². The van der Waals surface area contributed by atoms with E-state index in [1.165, 1.54) is 0 Å². The van der Waals surface area contributed by atoms with Gasteiger partial charge in [-0.3, -0.25) is 9.59 Å². The van der Waals surface area contributed by atoms with Gasteiger partial charge in [-0.1, -0.05) is 48.5 Å². The number of ether oxygens (including phenoxy) is 1. The van der Waals surface area contributed by atoms with Crippen LogP contribution in [0.1, 0.15) is 49.1 Å². The zero-order valence-electron chi connectivity index (χ0n) is 17.7. The van der Waals surface area contributed by atoms with Gasteiger partial charge in [-0.25, -0.2) is 4.79 Å². The van der Waals surface area contributed by atoms with Crippen molar-refractivity contribution in [3.63, 3.8) is 0 Å². The number of nitrogens with one attached hydrogen (secondary N) is 2. The van der Waals surface area contributed by atoms with Gasteiger partial charge in [0.25, 0.3) is 0 Å². The summed E-state index contributed by atoms with van der Waals surface area (Å²) < 4.78 is 5.58. The zero-order valence-corrected chi connectivity index (χ0v) is 17.7. The maximum absolute atomic E-state index is 12.8. The first kappa shape index (κ1) is 20.5. The number of fused-ring (bicyclic) bond motifs is 3. The molecule has 0 radical (unpaired) electrons. The minimum absolute atomic E-state index is 0.0384. The van der Waals surface area contributed by atoms with Gasteiger partial charge in [-0.05, 0) is 54.4 Å². The number of hydrogen-bond acceptors (Lipinski definition) is 4. The molecule has 2 amide bonds. The van der Waals surface area contributed by atoms with Crippen molar-refractivity contribution in [2.45, 2.75) is 49.6 Å². The van der Waals surface area contributed by atoms with Crippen molar-refractivity contribution in [2.75, 3.05) is 6.61 Å². The largest absolute Gasteiger partial charge is 0.481 e. The van der Waals surface area contributed by atoms with Crippen LogP contribution in [0.15, 0.2) is 48.5 Å². The van der Waals surface area contributed by atoms with E-state index in [0.29, 0.717) is 32.1 Å². The molecule has 3 aliphatic carbocycles. The van der Waals surface area contributed by atoms with Gasteiger partial charge >= 0.3 is 12.1 Å². The van der Waals surface area contributed by atoms with Gasteiger partial charge in [0, 0.05) is 12.0 Å². The molecule has 5 rings (SSSR count). The van der Waals surface area contributed by atoms with Crippen molar-refractivity contribution in [3.8, 4) is 11.1 Å². The number of hydrogen-bond donors (Lipinski definition) is 3. The average Bonchev–Trinajstić information content (AvgIpc) is 3.29. The molecule has 166 valence electrons. The summed E-state index contributed by atoms with van der Waals surface area (Å²) in [7, 11) is 0. The van der Waals surface area contributed by atoms with Crippen LogP contribution < -0.4 is 10.6 Å². The van der Waals surface area contributed by atoms with Crippen LogP contribution >= 0.6 is 0 Å². The Morgan fingerprint density at radius 1 is 0.969 bits per heavy atom. The monoisotopic (exact) mass is 434 g/mol. The number of carboxylic acids is 1. The van der Waals surface area contributed by atoms with Crippen molar-refractivity contribution >= 4 is 18.0 Å². The molecule has 7 heteroatoms. The van der Waals surface area contributed by atoms with Gasteiger partial charge in [0.15, 0.2) is 0 Å². The second-order valence-corrected chi connectivity index (χ2v) is 9.05. The maximum Gasteiger partial charge on any atom is 0.408 e. The van der Waals surface area contributed by atoms with E-state index in [9.17, 15) is 14.4 Å². The smallest absolute Gasteiger partial charge is 0.408 e. The normalized spacial score (nSPS) is 22.5. The number of rotatable bonds is 6. The molecule has 0 bridgehead atoms. The molecule has 3 aliphatic rings. The fraction of sp³-hybridized carbons (Fsp3) is 0.400. The molecule has 0 aliphatic heterocycles. The van der Waals surface area contributed by atoms with E-state index in [1.807, 2.05) is 24.3 Å². The summed E-state index contributed by atoms with van der Waals surface area (Å²) in [4.78, 5) is 36.5. The predicted molar refractivity (Wildman–Crippen MR) is 117 cm³/mol. The molecule has 2 atom stereocenters. The van der Waals surface area contributed by atoms with E-state index in [0.717, 1.165) is 22.3 Å². The minimum atomic E-state index is -0.941. The lowest BCUT2D eigenvalue weighted by Crippen LogP contribution is -2.51. The summed E-state index contributed by atoms with van der Waals surface area (Å²) in [6.07, 6.45) is 2.14. The topological polar surface area (TPSA) is 105 Å². The maximum atomic E-state index is 12.8. The Bertz CT molecular complexity index is 1030. The summed E-state index contributed by atoms with van der Waals surface area (Å²) in [5.41, 5.74) is 3.64. The second-order valence-electron chi connectivity index (χ2n) is 9.05. The standard InChI is InChI=1S/C25H26N2O5/c28-22(29)15-9-10-16(13-15)26-23(30)25(11-12-25)27-24(31)32-14-21-19-7-3-1-5-17(19)18-6-2-4-8-20(18)21/h1-8,15-16,21H,9-14H2,(H,26,30)(H,27,31)(H,28,29)/t15-,16+/m0/s1. The number of carbonyl (C=O) groups is 3. The molecule has 2 aromatic rings. The highest BCUT2D eigenvalue weighted by Crippen LogP contribution is 2.44. The Labute approximate surface area is 186 Å². The summed E-state index contributed by atoms with van der Waals surface area (Å²) in [5.74, 6) is -1.52. The van der Waals surface area contributed by atoms with Gasteiger partial charge < -0.3 is 20.5 Å². The number of carbonyl (C=O) groups excluding carboxylic acids is 2. The third kappa shape index (κ3) is 3.72. The molecule has 7 nitrogen and oxygen atoms in total. The van der Waals surface area contributed by atoms with Crippen molar-refractivity contribution in [1.82, 2.24) is 10.6 Å². The fourth-order valence-corrected chi connectivity index (χ4v) is 5.02. The highest BCUT2D eigenvalue weighted by molar-refractivity contribution is 5.93. The third-order valence-electron chi connectivity index (χ3n) is 6.99. The number of benzene rings is 2. The Morgan fingerprint density at radius 2 is 1.59 bits per heavy atom. The van der Waals surface area contributed by atoms with Gasteiger partial charge in [-0.2, -0.15) is 0 Å². The number of carboxylic acid groups (broad SMARTS) is 1. The van der Waals surface area contributed by atoms with Crippen LogP contribution in [0, 0.1) is 5.92 Å². The van der Waals surface area contributed by atoms with E-state index in [-0.39, 0.29) is 24.5 Å². The summed E-state index contributed by atoms with van der Waals surface area (Å²) in [6, 6.07) is 16.1. The summed E-state index contributed by atoms with van der Waals surface area (Å²) >= 11 is 0. The molecular formula is C25H26N2O5. The quantitative estimate of drug-likeness (QED) is 0.646. The van der Waals surface area contributed by atoms with Crippen molar-refractivity contribution in [2.24, 2.45) is 5.92 Å². The van der Waals surface area contributed by atoms with Gasteiger partial charge in [-0.15, -0.1) is 0 Å².